The summed E-state index contributed by atoms with van der Waals surface area (Å²) >= 11 is 3.89. The molecule has 1 N–H and O–H groups in total. The van der Waals surface area contributed by atoms with Gasteiger partial charge in [0.1, 0.15) is 11.4 Å². The molecule has 0 atom stereocenters. The van der Waals surface area contributed by atoms with Gasteiger partial charge in [0.15, 0.2) is 4.96 Å². The Kier molecular flexibility index (Phi) is 4.23. The predicted molar refractivity (Wildman–Crippen MR) is 89.7 cm³/mol. The van der Waals surface area contributed by atoms with Crippen molar-refractivity contribution >= 4 is 38.9 Å². The van der Waals surface area contributed by atoms with Gasteiger partial charge in [-0.25, -0.2) is 0 Å². The summed E-state index contributed by atoms with van der Waals surface area (Å²) < 4.78 is 9.20. The fourth-order valence-electron chi connectivity index (χ4n) is 1.91. The van der Waals surface area contributed by atoms with Crippen LogP contribution in [0, 0.1) is 3.57 Å². The van der Waals surface area contributed by atoms with E-state index in [4.69, 9.17) is 4.74 Å². The number of thiazole rings is 1. The molecule has 0 bridgehead atoms. The maximum absolute atomic E-state index is 5.94. The second kappa shape index (κ2) is 6.11. The third-order valence-electron chi connectivity index (χ3n) is 2.89. The Bertz CT molecular complexity index is 705. The summed E-state index contributed by atoms with van der Waals surface area (Å²) in [7, 11) is 0. The highest BCUT2D eigenvalue weighted by molar-refractivity contribution is 14.1. The number of nitrogens with one attached hydrogen (secondary N) is 1. The van der Waals surface area contributed by atoms with Crippen molar-refractivity contribution in [3.05, 3.63) is 45.1 Å². The highest BCUT2D eigenvalue weighted by Crippen LogP contribution is 2.28. The van der Waals surface area contributed by atoms with Crippen LogP contribution in [0.3, 0.4) is 0 Å². The average molecular weight is 399 g/mol. The first-order valence-corrected chi connectivity index (χ1v) is 8.32. The van der Waals surface area contributed by atoms with Crippen molar-refractivity contribution in [2.45, 2.75) is 13.5 Å². The zero-order valence-electron chi connectivity index (χ0n) is 11.0. The smallest absolute Gasteiger partial charge is 0.243 e. The van der Waals surface area contributed by atoms with E-state index in [0.717, 1.165) is 29.5 Å². The summed E-state index contributed by atoms with van der Waals surface area (Å²) in [5.74, 6) is 1.49. The van der Waals surface area contributed by atoms with Gasteiger partial charge in [-0.05, 0) is 53.4 Å². The molecule has 0 unspecified atom stereocenters. The number of rotatable bonds is 5. The van der Waals surface area contributed by atoms with E-state index in [1.807, 2.05) is 35.8 Å². The highest BCUT2D eigenvalue weighted by Gasteiger charge is 2.14. The lowest BCUT2D eigenvalue weighted by Crippen LogP contribution is -2.13. The van der Waals surface area contributed by atoms with Gasteiger partial charge in [-0.2, -0.15) is 4.98 Å². The molecule has 0 saturated heterocycles. The fraction of sp³-hybridized carbons (Fsp3) is 0.214. The largest absolute Gasteiger partial charge is 0.437 e. The highest BCUT2D eigenvalue weighted by atomic mass is 127. The molecule has 3 rings (SSSR count). The van der Waals surface area contributed by atoms with Crippen molar-refractivity contribution in [3.63, 3.8) is 0 Å². The van der Waals surface area contributed by atoms with Crippen LogP contribution in [0.2, 0.25) is 0 Å². The number of imidazole rings is 1. The van der Waals surface area contributed by atoms with Gasteiger partial charge in [-0.1, -0.05) is 6.92 Å². The number of benzene rings is 1. The number of fused-ring (bicyclic) bond motifs is 1. The quantitative estimate of drug-likeness (QED) is 0.662. The number of aromatic nitrogens is 2. The summed E-state index contributed by atoms with van der Waals surface area (Å²) in [6, 6.07) is 7.98. The Hall–Kier alpha value is -1.12. The van der Waals surface area contributed by atoms with E-state index in [1.165, 1.54) is 3.57 Å². The number of halogens is 1. The Morgan fingerprint density at radius 2 is 2.15 bits per heavy atom. The van der Waals surface area contributed by atoms with E-state index in [2.05, 4.69) is 44.2 Å². The third-order valence-corrected chi connectivity index (χ3v) is 4.37. The van der Waals surface area contributed by atoms with E-state index in [-0.39, 0.29) is 0 Å². The number of nitrogens with zero attached hydrogens (tertiary/aromatic N) is 2. The van der Waals surface area contributed by atoms with E-state index < -0.39 is 0 Å². The van der Waals surface area contributed by atoms with E-state index in [0.29, 0.717) is 5.88 Å². The molecule has 0 aliphatic heterocycles. The average Bonchev–Trinajstić information content (AvgIpc) is 3.00. The summed E-state index contributed by atoms with van der Waals surface area (Å²) in [6.45, 7) is 3.75. The SMILES string of the molecule is CCNCc1c(Oc2ccc(I)cc2)nc2sccn12. The lowest BCUT2D eigenvalue weighted by molar-refractivity contribution is 0.456. The van der Waals surface area contributed by atoms with Gasteiger partial charge in [0.2, 0.25) is 5.88 Å². The Balaban J connectivity index is 1.93. The van der Waals surface area contributed by atoms with E-state index in [1.54, 1.807) is 11.3 Å². The van der Waals surface area contributed by atoms with Gasteiger partial charge in [-0.15, -0.1) is 11.3 Å². The standard InChI is InChI=1S/C14H14IN3OS/c1-2-16-9-12-13(17-14-18(12)7-8-20-14)19-11-5-3-10(15)4-6-11/h3-8,16H,2,9H2,1H3. The number of ether oxygens (including phenoxy) is 1. The molecule has 0 radical (unpaired) electrons. The van der Waals surface area contributed by atoms with Crippen LogP contribution in [0.25, 0.3) is 4.96 Å². The summed E-state index contributed by atoms with van der Waals surface area (Å²) in [6.07, 6.45) is 2.03. The molecule has 20 heavy (non-hydrogen) atoms. The van der Waals surface area contributed by atoms with Crippen molar-refractivity contribution in [2.75, 3.05) is 6.54 Å². The molecule has 0 fully saturated rings. The molecule has 3 aromatic rings. The molecule has 1 aromatic carbocycles. The minimum atomic E-state index is 0.680. The Morgan fingerprint density at radius 1 is 1.35 bits per heavy atom. The molecule has 0 amide bonds. The van der Waals surface area contributed by atoms with Gasteiger partial charge < -0.3 is 10.1 Å². The molecular weight excluding hydrogens is 385 g/mol. The molecule has 0 saturated carbocycles. The van der Waals surface area contributed by atoms with Crippen LogP contribution in [0.4, 0.5) is 0 Å². The number of hydrogen-bond acceptors (Lipinski definition) is 4. The first-order valence-electron chi connectivity index (χ1n) is 6.36. The van der Waals surface area contributed by atoms with Crippen LogP contribution in [0.1, 0.15) is 12.6 Å². The fourth-order valence-corrected chi connectivity index (χ4v) is 3.00. The summed E-state index contributed by atoms with van der Waals surface area (Å²) in [4.78, 5) is 5.52. The van der Waals surface area contributed by atoms with Gasteiger partial charge in [0.25, 0.3) is 0 Å². The van der Waals surface area contributed by atoms with Crippen LogP contribution in [0.15, 0.2) is 35.8 Å². The molecule has 4 nitrogen and oxygen atoms in total. The maximum Gasteiger partial charge on any atom is 0.243 e. The van der Waals surface area contributed by atoms with Gasteiger partial charge in [0, 0.05) is 21.7 Å². The summed E-state index contributed by atoms with van der Waals surface area (Å²) in [5, 5.41) is 5.36. The first kappa shape index (κ1) is 13.8. The van der Waals surface area contributed by atoms with Crippen molar-refractivity contribution in [2.24, 2.45) is 0 Å². The zero-order valence-corrected chi connectivity index (χ0v) is 13.9. The van der Waals surface area contributed by atoms with Gasteiger partial charge >= 0.3 is 0 Å². The molecule has 0 spiro atoms. The Morgan fingerprint density at radius 3 is 2.90 bits per heavy atom. The van der Waals surface area contributed by atoms with E-state index >= 15 is 0 Å². The molecule has 0 aliphatic rings. The van der Waals surface area contributed by atoms with Crippen molar-refractivity contribution in [1.82, 2.24) is 14.7 Å². The number of hydrogen-bond donors (Lipinski definition) is 1. The van der Waals surface area contributed by atoms with Crippen LogP contribution in [-0.2, 0) is 6.54 Å². The summed E-state index contributed by atoms with van der Waals surface area (Å²) in [5.41, 5.74) is 1.06. The van der Waals surface area contributed by atoms with Gasteiger partial charge in [0.05, 0.1) is 0 Å². The Labute approximate surface area is 134 Å². The minimum absolute atomic E-state index is 0.680. The van der Waals surface area contributed by atoms with Crippen molar-refractivity contribution in [1.29, 1.82) is 0 Å². The normalized spacial score (nSPS) is 11.1. The monoisotopic (exact) mass is 399 g/mol. The predicted octanol–water partition coefficient (Wildman–Crippen LogP) is 3.90. The van der Waals surface area contributed by atoms with Crippen LogP contribution < -0.4 is 10.1 Å². The van der Waals surface area contributed by atoms with Crippen LogP contribution in [0.5, 0.6) is 11.6 Å². The second-order valence-corrected chi connectivity index (χ2v) is 6.37. The zero-order chi connectivity index (χ0) is 13.9. The molecule has 2 aromatic heterocycles. The molecule has 2 heterocycles. The lowest BCUT2D eigenvalue weighted by Gasteiger charge is -2.06. The van der Waals surface area contributed by atoms with Crippen LogP contribution in [-0.4, -0.2) is 15.9 Å². The van der Waals surface area contributed by atoms with Crippen molar-refractivity contribution < 1.29 is 4.74 Å². The molecule has 6 heteroatoms. The molecular formula is C14H14IN3OS. The van der Waals surface area contributed by atoms with Gasteiger partial charge in [-0.3, -0.25) is 4.40 Å². The molecule has 104 valence electrons. The third kappa shape index (κ3) is 2.82. The van der Waals surface area contributed by atoms with Crippen LogP contribution >= 0.6 is 33.9 Å². The topological polar surface area (TPSA) is 38.6 Å². The second-order valence-electron chi connectivity index (χ2n) is 4.26. The van der Waals surface area contributed by atoms with E-state index in [9.17, 15) is 0 Å². The lowest BCUT2D eigenvalue weighted by atomic mass is 10.3. The first-order chi connectivity index (χ1) is 9.78. The molecule has 0 aliphatic carbocycles. The van der Waals surface area contributed by atoms with Crippen molar-refractivity contribution in [3.8, 4) is 11.6 Å². The maximum atomic E-state index is 5.94. The minimum Gasteiger partial charge on any atom is -0.437 e.